The second-order valence-electron chi connectivity index (χ2n) is 8.26. The predicted octanol–water partition coefficient (Wildman–Crippen LogP) is 7.19. The highest BCUT2D eigenvalue weighted by Gasteiger charge is 2.30. The van der Waals surface area contributed by atoms with Gasteiger partial charge < -0.3 is 9.47 Å². The molecule has 1 heterocycles. The molecule has 0 fully saturated rings. The van der Waals surface area contributed by atoms with Gasteiger partial charge in [0.2, 0.25) is 0 Å². The van der Waals surface area contributed by atoms with Crippen molar-refractivity contribution in [2.75, 3.05) is 13.7 Å². The quantitative estimate of drug-likeness (QED) is 0.364. The minimum Gasteiger partial charge on any atom is -0.492 e. The van der Waals surface area contributed by atoms with E-state index in [2.05, 4.69) is 0 Å². The molecule has 2 aromatic carbocycles. The standard InChI is InChI=1S/C25H25F3O3S/c1-15-16(2)20(11-10-19(15)17-6-8-18(9-7-17)25(26,27)28)31-14-24(3,4)22-13-12-21(32-22)23(29)30-5/h6-13H,14H2,1-5H3. The first-order valence-corrected chi connectivity index (χ1v) is 10.8. The Labute approximate surface area is 189 Å². The van der Waals surface area contributed by atoms with Crippen molar-refractivity contribution in [2.24, 2.45) is 0 Å². The van der Waals surface area contributed by atoms with Crippen molar-refractivity contribution in [1.82, 2.24) is 0 Å². The van der Waals surface area contributed by atoms with Crippen molar-refractivity contribution in [1.29, 1.82) is 0 Å². The molecule has 0 N–H and O–H groups in total. The summed E-state index contributed by atoms with van der Waals surface area (Å²) in [6.45, 7) is 8.35. The fraction of sp³-hybridized carbons (Fsp3) is 0.320. The minimum absolute atomic E-state index is 0.330. The van der Waals surface area contributed by atoms with Crippen LogP contribution in [0.3, 0.4) is 0 Å². The molecule has 32 heavy (non-hydrogen) atoms. The van der Waals surface area contributed by atoms with Gasteiger partial charge in [-0.05, 0) is 66.4 Å². The van der Waals surface area contributed by atoms with Crippen LogP contribution in [-0.2, 0) is 16.3 Å². The van der Waals surface area contributed by atoms with E-state index in [9.17, 15) is 18.0 Å². The highest BCUT2D eigenvalue weighted by molar-refractivity contribution is 7.14. The summed E-state index contributed by atoms with van der Waals surface area (Å²) in [6.07, 6.45) is -4.35. The number of hydrogen-bond acceptors (Lipinski definition) is 4. The number of benzene rings is 2. The van der Waals surface area contributed by atoms with Crippen LogP contribution in [-0.4, -0.2) is 19.7 Å². The van der Waals surface area contributed by atoms with Crippen LogP contribution in [0, 0.1) is 13.8 Å². The molecule has 170 valence electrons. The highest BCUT2D eigenvalue weighted by atomic mass is 32.1. The van der Waals surface area contributed by atoms with E-state index in [1.165, 1.54) is 30.6 Å². The van der Waals surface area contributed by atoms with Crippen molar-refractivity contribution < 1.29 is 27.4 Å². The third-order valence-corrected chi connectivity index (χ3v) is 6.94. The molecule has 3 rings (SSSR count). The highest BCUT2D eigenvalue weighted by Crippen LogP contribution is 2.36. The van der Waals surface area contributed by atoms with Gasteiger partial charge in [0.15, 0.2) is 0 Å². The molecule has 1 aromatic heterocycles. The van der Waals surface area contributed by atoms with Crippen LogP contribution in [0.2, 0.25) is 0 Å². The Morgan fingerprint density at radius 2 is 1.59 bits per heavy atom. The van der Waals surface area contributed by atoms with Crippen molar-refractivity contribution in [3.8, 4) is 16.9 Å². The van der Waals surface area contributed by atoms with Crippen LogP contribution in [0.1, 0.15) is 45.1 Å². The number of ether oxygens (including phenoxy) is 2. The molecule has 0 atom stereocenters. The zero-order valence-corrected chi connectivity index (χ0v) is 19.4. The zero-order chi connectivity index (χ0) is 23.7. The number of esters is 1. The molecule has 0 aliphatic heterocycles. The van der Waals surface area contributed by atoms with Crippen LogP contribution >= 0.6 is 11.3 Å². The molecule has 3 aromatic rings. The van der Waals surface area contributed by atoms with Crippen LogP contribution < -0.4 is 4.74 Å². The predicted molar refractivity (Wildman–Crippen MR) is 121 cm³/mol. The van der Waals surface area contributed by atoms with E-state index in [0.717, 1.165) is 45.0 Å². The van der Waals surface area contributed by atoms with E-state index in [-0.39, 0.29) is 11.4 Å². The van der Waals surface area contributed by atoms with Gasteiger partial charge in [0.1, 0.15) is 10.6 Å². The molecule has 3 nitrogen and oxygen atoms in total. The van der Waals surface area contributed by atoms with Gasteiger partial charge in [0, 0.05) is 10.3 Å². The summed E-state index contributed by atoms with van der Waals surface area (Å²) in [6, 6.07) is 12.6. The Morgan fingerprint density at radius 3 is 2.19 bits per heavy atom. The van der Waals surface area contributed by atoms with E-state index in [1.54, 1.807) is 6.07 Å². The lowest BCUT2D eigenvalue weighted by Crippen LogP contribution is -2.25. The number of carbonyl (C=O) groups is 1. The summed E-state index contributed by atoms with van der Waals surface area (Å²) in [7, 11) is 1.36. The lowest BCUT2D eigenvalue weighted by atomic mass is 9.92. The third-order valence-electron chi connectivity index (χ3n) is 5.51. The fourth-order valence-electron chi connectivity index (χ4n) is 3.34. The van der Waals surface area contributed by atoms with Crippen LogP contribution in [0.15, 0.2) is 48.5 Å². The Balaban J connectivity index is 1.78. The first-order valence-electron chi connectivity index (χ1n) is 10.0. The molecule has 0 amide bonds. The third kappa shape index (κ3) is 4.99. The molecule has 0 aliphatic rings. The second-order valence-corrected chi connectivity index (χ2v) is 9.35. The van der Waals surface area contributed by atoms with Gasteiger partial charge in [-0.25, -0.2) is 4.79 Å². The Bertz CT molecular complexity index is 1110. The monoisotopic (exact) mass is 462 g/mol. The Hall–Kier alpha value is -2.80. The summed E-state index contributed by atoms with van der Waals surface area (Å²) >= 11 is 1.38. The maximum Gasteiger partial charge on any atom is 0.416 e. The van der Waals surface area contributed by atoms with Crippen molar-refractivity contribution in [2.45, 2.75) is 39.3 Å². The number of alkyl halides is 3. The number of methoxy groups -OCH3 is 1. The molecule has 0 bridgehead atoms. The van der Waals surface area contributed by atoms with E-state index in [1.807, 2.05) is 45.9 Å². The molecule has 0 aliphatic carbocycles. The zero-order valence-electron chi connectivity index (χ0n) is 18.6. The molecule has 0 radical (unpaired) electrons. The number of hydrogen-bond donors (Lipinski definition) is 0. The van der Waals surface area contributed by atoms with Gasteiger partial charge >= 0.3 is 12.1 Å². The van der Waals surface area contributed by atoms with Crippen molar-refractivity contribution in [3.63, 3.8) is 0 Å². The first kappa shape index (κ1) is 23.9. The molecular formula is C25H25F3O3S. The van der Waals surface area contributed by atoms with Crippen LogP contribution in [0.5, 0.6) is 5.75 Å². The van der Waals surface area contributed by atoms with E-state index < -0.39 is 11.7 Å². The number of halogens is 3. The van der Waals surface area contributed by atoms with Crippen LogP contribution in [0.4, 0.5) is 13.2 Å². The first-order chi connectivity index (χ1) is 14.9. The van der Waals surface area contributed by atoms with Crippen LogP contribution in [0.25, 0.3) is 11.1 Å². The summed E-state index contributed by atoms with van der Waals surface area (Å²) in [5.41, 5.74) is 2.47. The largest absolute Gasteiger partial charge is 0.492 e. The van der Waals surface area contributed by atoms with Gasteiger partial charge in [-0.1, -0.05) is 32.0 Å². The summed E-state index contributed by atoms with van der Waals surface area (Å²) in [5, 5.41) is 0. The minimum atomic E-state index is -4.35. The molecule has 0 saturated heterocycles. The maximum absolute atomic E-state index is 12.8. The second kappa shape index (κ2) is 8.98. The topological polar surface area (TPSA) is 35.5 Å². The average molecular weight is 463 g/mol. The van der Waals surface area contributed by atoms with Crippen molar-refractivity contribution >= 4 is 17.3 Å². The smallest absolute Gasteiger partial charge is 0.416 e. The SMILES string of the molecule is COC(=O)c1ccc(C(C)(C)COc2ccc(-c3ccc(C(F)(F)F)cc3)c(C)c2C)s1. The molecular weight excluding hydrogens is 437 g/mol. The van der Waals surface area contributed by atoms with Crippen molar-refractivity contribution in [3.05, 3.63) is 75.0 Å². The Morgan fingerprint density at radius 1 is 0.938 bits per heavy atom. The number of rotatable bonds is 6. The van der Waals surface area contributed by atoms with Gasteiger partial charge in [-0.2, -0.15) is 13.2 Å². The molecule has 0 saturated carbocycles. The summed E-state index contributed by atoms with van der Waals surface area (Å²) in [4.78, 5) is 13.3. The maximum atomic E-state index is 12.8. The average Bonchev–Trinajstić information content (AvgIpc) is 3.25. The summed E-state index contributed by atoms with van der Waals surface area (Å²) in [5.74, 6) is 0.360. The Kier molecular flexibility index (Phi) is 6.69. The lowest BCUT2D eigenvalue weighted by Gasteiger charge is -2.25. The fourth-order valence-corrected chi connectivity index (χ4v) is 4.36. The van der Waals surface area contributed by atoms with E-state index in [4.69, 9.17) is 9.47 Å². The van der Waals surface area contributed by atoms with Gasteiger partial charge in [0.25, 0.3) is 0 Å². The molecule has 0 unspecified atom stereocenters. The lowest BCUT2D eigenvalue weighted by molar-refractivity contribution is -0.137. The number of thiophene rings is 1. The number of carbonyl (C=O) groups excluding carboxylic acids is 1. The molecule has 7 heteroatoms. The van der Waals surface area contributed by atoms with Gasteiger partial charge in [-0.15, -0.1) is 11.3 Å². The van der Waals surface area contributed by atoms with Gasteiger partial charge in [-0.3, -0.25) is 0 Å². The van der Waals surface area contributed by atoms with Gasteiger partial charge in [0.05, 0.1) is 19.3 Å². The summed E-state index contributed by atoms with van der Waals surface area (Å²) < 4.78 is 49.4. The van der Waals surface area contributed by atoms with E-state index in [0.29, 0.717) is 11.5 Å². The normalized spacial score (nSPS) is 12.0. The molecule has 0 spiro atoms. The van der Waals surface area contributed by atoms with E-state index >= 15 is 0 Å².